The average Bonchev–Trinajstić information content (AvgIpc) is 2.75. The van der Waals surface area contributed by atoms with Crippen LogP contribution in [0.15, 0.2) is 0 Å². The molecular weight excluding hydrogens is 268 g/mol. The zero-order valence-electron chi connectivity index (χ0n) is 11.2. The molecule has 0 spiro atoms. The second kappa shape index (κ2) is 7.15. The van der Waals surface area contributed by atoms with Gasteiger partial charge in [-0.15, -0.1) is 10.2 Å². The largest absolute Gasteiger partial charge is 0.466 e. The van der Waals surface area contributed by atoms with Gasteiger partial charge >= 0.3 is 5.97 Å². The van der Waals surface area contributed by atoms with E-state index in [1.807, 2.05) is 13.8 Å². The zero-order valence-corrected chi connectivity index (χ0v) is 12.0. The van der Waals surface area contributed by atoms with Gasteiger partial charge in [0.25, 0.3) is 0 Å². The molecule has 0 saturated heterocycles. The van der Waals surface area contributed by atoms with E-state index >= 15 is 0 Å². The van der Waals surface area contributed by atoms with E-state index in [0.29, 0.717) is 16.7 Å². The molecule has 0 aliphatic carbocycles. The van der Waals surface area contributed by atoms with Crippen molar-refractivity contribution in [2.45, 2.75) is 33.2 Å². The highest BCUT2D eigenvalue weighted by atomic mass is 32.1. The summed E-state index contributed by atoms with van der Waals surface area (Å²) in [6.45, 7) is 5.77. The van der Waals surface area contributed by atoms with Crippen LogP contribution in [0.1, 0.15) is 25.8 Å². The third-order valence-electron chi connectivity index (χ3n) is 2.32. The Hall–Kier alpha value is -1.54. The fourth-order valence-electron chi connectivity index (χ4n) is 1.20. The van der Waals surface area contributed by atoms with E-state index < -0.39 is 6.04 Å². The molecule has 0 radical (unpaired) electrons. The Labute approximate surface area is 115 Å². The number of ether oxygens (including phenoxy) is 1. The predicted octanol–water partition coefficient (Wildman–Crippen LogP) is 0.565. The second-order valence-electron chi connectivity index (χ2n) is 4.24. The monoisotopic (exact) mass is 286 g/mol. The zero-order chi connectivity index (χ0) is 14.4. The Bertz CT molecular complexity index is 447. The lowest BCUT2D eigenvalue weighted by molar-refractivity contribution is -0.142. The van der Waals surface area contributed by atoms with Crippen LogP contribution in [0.2, 0.25) is 0 Å². The minimum Gasteiger partial charge on any atom is -0.466 e. The number of hydrogen-bond acceptors (Lipinski definition) is 7. The molecule has 0 saturated carbocycles. The summed E-state index contributed by atoms with van der Waals surface area (Å²) in [6, 6.07) is -0.600. The lowest BCUT2D eigenvalue weighted by Gasteiger charge is -2.13. The van der Waals surface area contributed by atoms with Gasteiger partial charge in [0.1, 0.15) is 5.01 Å². The average molecular weight is 286 g/mol. The molecule has 0 unspecified atom stereocenters. The fraction of sp³-hybridized carbons (Fsp3) is 0.636. The van der Waals surface area contributed by atoms with Crippen molar-refractivity contribution in [1.82, 2.24) is 10.2 Å². The molecule has 1 atom stereocenters. The van der Waals surface area contributed by atoms with Gasteiger partial charge in [0, 0.05) is 0 Å². The number of carbonyl (C=O) groups excluding carboxylic acids is 2. The van der Waals surface area contributed by atoms with Gasteiger partial charge in [0.15, 0.2) is 0 Å². The lowest BCUT2D eigenvalue weighted by Crippen LogP contribution is -2.39. The number of nitrogens with one attached hydrogen (secondary N) is 1. The van der Waals surface area contributed by atoms with Gasteiger partial charge in [-0.3, -0.25) is 14.9 Å². The number of nitrogens with zero attached hydrogens (tertiary/aromatic N) is 2. The molecule has 3 N–H and O–H groups in total. The normalized spacial score (nSPS) is 12.3. The third-order valence-corrected chi connectivity index (χ3v) is 3.16. The first-order valence-electron chi connectivity index (χ1n) is 5.98. The molecule has 1 aromatic heterocycles. The molecule has 0 aliphatic heterocycles. The summed E-state index contributed by atoms with van der Waals surface area (Å²) in [5.74, 6) is -0.642. The SMILES string of the molecule is CCOC(=O)Cc1nnc(NC(=O)[C@@H](N)C(C)C)s1. The molecule has 1 aromatic rings. The van der Waals surface area contributed by atoms with Gasteiger partial charge in [0.2, 0.25) is 11.0 Å². The van der Waals surface area contributed by atoms with E-state index in [4.69, 9.17) is 10.5 Å². The highest BCUT2D eigenvalue weighted by molar-refractivity contribution is 7.15. The minimum atomic E-state index is -0.600. The molecule has 19 heavy (non-hydrogen) atoms. The Kier molecular flexibility index (Phi) is 5.84. The summed E-state index contributed by atoms with van der Waals surface area (Å²) in [4.78, 5) is 22.9. The molecule has 0 fully saturated rings. The van der Waals surface area contributed by atoms with Crippen LogP contribution in [-0.2, 0) is 20.7 Å². The third kappa shape index (κ3) is 4.92. The van der Waals surface area contributed by atoms with Gasteiger partial charge in [-0.1, -0.05) is 25.2 Å². The Balaban J connectivity index is 2.55. The van der Waals surface area contributed by atoms with Crippen molar-refractivity contribution in [3.63, 3.8) is 0 Å². The minimum absolute atomic E-state index is 0.0342. The van der Waals surface area contributed by atoms with Gasteiger partial charge < -0.3 is 10.5 Å². The van der Waals surface area contributed by atoms with Crippen molar-refractivity contribution >= 4 is 28.3 Å². The molecule has 106 valence electrons. The Morgan fingerprint density at radius 2 is 2.11 bits per heavy atom. The van der Waals surface area contributed by atoms with Crippen molar-refractivity contribution in [2.75, 3.05) is 11.9 Å². The van der Waals surface area contributed by atoms with E-state index in [2.05, 4.69) is 15.5 Å². The molecule has 1 amide bonds. The van der Waals surface area contributed by atoms with Crippen LogP contribution in [0.3, 0.4) is 0 Å². The van der Waals surface area contributed by atoms with Crippen molar-refractivity contribution < 1.29 is 14.3 Å². The summed E-state index contributed by atoms with van der Waals surface area (Å²) in [5.41, 5.74) is 5.71. The summed E-state index contributed by atoms with van der Waals surface area (Å²) in [7, 11) is 0. The predicted molar refractivity (Wildman–Crippen MR) is 71.7 cm³/mol. The number of carbonyl (C=O) groups is 2. The topological polar surface area (TPSA) is 107 Å². The first kappa shape index (κ1) is 15.5. The highest BCUT2D eigenvalue weighted by Gasteiger charge is 2.19. The summed E-state index contributed by atoms with van der Waals surface area (Å²) < 4.78 is 4.80. The lowest BCUT2D eigenvalue weighted by atomic mass is 10.1. The number of amides is 1. The van der Waals surface area contributed by atoms with Gasteiger partial charge in [-0.25, -0.2) is 0 Å². The molecule has 1 heterocycles. The van der Waals surface area contributed by atoms with E-state index in [1.54, 1.807) is 6.92 Å². The van der Waals surface area contributed by atoms with Gasteiger partial charge in [0.05, 0.1) is 19.1 Å². The summed E-state index contributed by atoms with van der Waals surface area (Å²) >= 11 is 1.13. The van der Waals surface area contributed by atoms with Crippen molar-refractivity contribution in [3.05, 3.63) is 5.01 Å². The Morgan fingerprint density at radius 1 is 1.42 bits per heavy atom. The van der Waals surface area contributed by atoms with Crippen LogP contribution in [-0.4, -0.2) is 34.7 Å². The number of anilines is 1. The van der Waals surface area contributed by atoms with Gasteiger partial charge in [-0.2, -0.15) is 0 Å². The number of aromatic nitrogens is 2. The van der Waals surface area contributed by atoms with Crippen LogP contribution in [0.25, 0.3) is 0 Å². The van der Waals surface area contributed by atoms with E-state index in [9.17, 15) is 9.59 Å². The molecule has 8 heteroatoms. The molecular formula is C11H18N4O3S. The van der Waals surface area contributed by atoms with E-state index in [-0.39, 0.29) is 24.2 Å². The summed E-state index contributed by atoms with van der Waals surface area (Å²) in [5, 5.41) is 11.0. The van der Waals surface area contributed by atoms with Crippen LogP contribution >= 0.6 is 11.3 Å². The summed E-state index contributed by atoms with van der Waals surface area (Å²) in [6.07, 6.45) is 0.0532. The smallest absolute Gasteiger partial charge is 0.312 e. The first-order valence-corrected chi connectivity index (χ1v) is 6.80. The molecule has 1 rings (SSSR count). The second-order valence-corrected chi connectivity index (χ2v) is 5.30. The maximum Gasteiger partial charge on any atom is 0.312 e. The maximum absolute atomic E-state index is 11.7. The standard InChI is InChI=1S/C11H18N4O3S/c1-4-18-8(16)5-7-14-15-11(19-7)13-10(17)9(12)6(2)3/h6,9H,4-5,12H2,1-3H3,(H,13,15,17)/t9-/m0/s1. The number of hydrogen-bond donors (Lipinski definition) is 2. The van der Waals surface area contributed by atoms with Crippen LogP contribution in [0, 0.1) is 5.92 Å². The first-order chi connectivity index (χ1) is 8.93. The van der Waals surface area contributed by atoms with Crippen molar-refractivity contribution in [3.8, 4) is 0 Å². The molecule has 0 aliphatic rings. The van der Waals surface area contributed by atoms with Crippen LogP contribution < -0.4 is 11.1 Å². The van der Waals surface area contributed by atoms with E-state index in [0.717, 1.165) is 11.3 Å². The van der Waals surface area contributed by atoms with Crippen LogP contribution in [0.4, 0.5) is 5.13 Å². The molecule has 0 bridgehead atoms. The van der Waals surface area contributed by atoms with Gasteiger partial charge in [-0.05, 0) is 12.8 Å². The quantitative estimate of drug-likeness (QED) is 0.740. The molecule has 0 aromatic carbocycles. The number of nitrogens with two attached hydrogens (primary N) is 1. The number of rotatable bonds is 6. The van der Waals surface area contributed by atoms with Crippen molar-refractivity contribution in [2.24, 2.45) is 11.7 Å². The maximum atomic E-state index is 11.7. The molecule has 7 nitrogen and oxygen atoms in total. The van der Waals surface area contributed by atoms with E-state index in [1.165, 1.54) is 0 Å². The fourth-order valence-corrected chi connectivity index (χ4v) is 1.93. The van der Waals surface area contributed by atoms with Crippen molar-refractivity contribution in [1.29, 1.82) is 0 Å². The van der Waals surface area contributed by atoms with Crippen LogP contribution in [0.5, 0.6) is 0 Å². The Morgan fingerprint density at radius 3 is 2.68 bits per heavy atom. The number of esters is 1. The highest BCUT2D eigenvalue weighted by Crippen LogP contribution is 2.16.